The molecule has 2 N–H and O–H groups in total. The Balaban J connectivity index is 1.41. The van der Waals surface area contributed by atoms with Crippen molar-refractivity contribution in [2.75, 3.05) is 13.2 Å². The van der Waals surface area contributed by atoms with Crippen molar-refractivity contribution in [3.05, 3.63) is 141 Å². The second-order valence-electron chi connectivity index (χ2n) is 8.76. The third-order valence-corrected chi connectivity index (χ3v) is 7.27. The van der Waals surface area contributed by atoms with Gasteiger partial charge in [-0.25, -0.2) is 0 Å². The van der Waals surface area contributed by atoms with Gasteiger partial charge in [0.15, 0.2) is 0 Å². The van der Waals surface area contributed by atoms with Crippen LogP contribution in [-0.4, -0.2) is 25.0 Å². The Bertz CT molecular complexity index is 1310. The first-order valence-corrected chi connectivity index (χ1v) is 14.4. The molecule has 0 aliphatic rings. The summed E-state index contributed by atoms with van der Waals surface area (Å²) in [7, 11) is -3.01. The van der Waals surface area contributed by atoms with Gasteiger partial charge in [-0.05, 0) is 59.7 Å². The molecule has 0 saturated carbocycles. The van der Waals surface area contributed by atoms with Crippen molar-refractivity contribution >= 4 is 43.3 Å². The number of carbonyl (C=O) groups excluding carboxylic acids is 2. The third kappa shape index (κ3) is 8.78. The maximum absolute atomic E-state index is 12.8. The van der Waals surface area contributed by atoms with E-state index in [9.17, 15) is 14.2 Å². The molecule has 0 spiro atoms. The van der Waals surface area contributed by atoms with Gasteiger partial charge in [-0.1, -0.05) is 83.9 Å². The molecule has 4 aromatic carbocycles. The molecular formula is C30H27Cl2N2O5P. The van der Waals surface area contributed by atoms with Crippen LogP contribution in [0.25, 0.3) is 0 Å². The summed E-state index contributed by atoms with van der Waals surface area (Å²) in [6.45, 7) is -0.222. The highest BCUT2D eigenvalue weighted by Crippen LogP contribution is 2.30. The topological polar surface area (TPSA) is 93.7 Å². The lowest BCUT2D eigenvalue weighted by molar-refractivity contribution is 0.0912. The minimum absolute atomic E-state index is 0.111. The molecule has 0 aromatic heterocycles. The summed E-state index contributed by atoms with van der Waals surface area (Å²) in [4.78, 5) is 25.6. The zero-order chi connectivity index (χ0) is 28.3. The molecule has 2 amide bonds. The quantitative estimate of drug-likeness (QED) is 0.171. The summed E-state index contributed by atoms with van der Waals surface area (Å²) in [5.41, 5.74) is 2.39. The highest BCUT2D eigenvalue weighted by molar-refractivity contribution is 7.33. The van der Waals surface area contributed by atoms with E-state index in [2.05, 4.69) is 10.6 Å². The number of amides is 2. The number of carbonyl (C=O) groups is 2. The third-order valence-electron chi connectivity index (χ3n) is 5.96. The average molecular weight is 597 g/mol. The van der Waals surface area contributed by atoms with Crippen LogP contribution in [0.4, 0.5) is 0 Å². The van der Waals surface area contributed by atoms with Crippen LogP contribution >= 0.6 is 31.5 Å². The van der Waals surface area contributed by atoms with Crippen molar-refractivity contribution in [1.29, 1.82) is 0 Å². The summed E-state index contributed by atoms with van der Waals surface area (Å²) >= 11 is 12.1. The fourth-order valence-electron chi connectivity index (χ4n) is 3.84. The lowest BCUT2D eigenvalue weighted by Gasteiger charge is -2.21. The minimum atomic E-state index is -3.01. The van der Waals surface area contributed by atoms with Gasteiger partial charge in [0.2, 0.25) is 0 Å². The van der Waals surface area contributed by atoms with Gasteiger partial charge >= 0.3 is 8.25 Å². The molecule has 0 radical (unpaired) electrons. The standard InChI is InChI=1S/C30H27Cl2N2O5P/c31-25-15-11-21(12-16-25)27(33-29(35)23-7-3-1-4-8-23)19-38-40(37)39-20-28(22-13-17-26(32)18-14-22)34-30(36)24-9-5-2-6-10-24/h1-18,27-28,40H,19-20H2,(H,33,35)(H,34,36). The predicted molar refractivity (Wildman–Crippen MR) is 157 cm³/mol. The molecule has 0 saturated heterocycles. The molecule has 0 heterocycles. The van der Waals surface area contributed by atoms with Crippen LogP contribution in [-0.2, 0) is 13.6 Å². The van der Waals surface area contributed by atoms with Gasteiger partial charge in [-0.2, -0.15) is 0 Å². The molecule has 10 heteroatoms. The van der Waals surface area contributed by atoms with Crippen molar-refractivity contribution in [3.63, 3.8) is 0 Å². The summed E-state index contributed by atoms with van der Waals surface area (Å²) in [5.74, 6) is -0.618. The molecule has 0 fully saturated rings. The van der Waals surface area contributed by atoms with Gasteiger partial charge in [0.1, 0.15) is 0 Å². The van der Waals surface area contributed by atoms with E-state index < -0.39 is 20.3 Å². The van der Waals surface area contributed by atoms with Gasteiger partial charge in [-0.3, -0.25) is 14.2 Å². The molecular weight excluding hydrogens is 570 g/mol. The first-order chi connectivity index (χ1) is 19.4. The van der Waals surface area contributed by atoms with E-state index in [1.54, 1.807) is 97.1 Å². The molecule has 0 aliphatic carbocycles. The van der Waals surface area contributed by atoms with Crippen LogP contribution < -0.4 is 10.6 Å². The SMILES string of the molecule is O=C(NC(CO[PH](=O)OCC(NC(=O)c1ccccc1)c1ccc(Cl)cc1)c1ccc(Cl)cc1)c1ccccc1. The smallest absolute Gasteiger partial charge is 0.319 e. The van der Waals surface area contributed by atoms with Gasteiger partial charge in [0, 0.05) is 21.2 Å². The normalized spacial score (nSPS) is 13.2. The van der Waals surface area contributed by atoms with Gasteiger partial charge in [-0.15, -0.1) is 0 Å². The maximum atomic E-state index is 12.8. The second kappa shape index (κ2) is 14.8. The first-order valence-electron chi connectivity index (χ1n) is 12.4. The molecule has 206 valence electrons. The number of benzene rings is 4. The number of hydrogen-bond donors (Lipinski definition) is 2. The fourth-order valence-corrected chi connectivity index (χ4v) is 4.78. The van der Waals surface area contributed by atoms with E-state index in [4.69, 9.17) is 32.2 Å². The number of nitrogens with one attached hydrogen (secondary N) is 2. The van der Waals surface area contributed by atoms with Crippen LogP contribution in [0, 0.1) is 0 Å². The van der Waals surface area contributed by atoms with Crippen molar-refractivity contribution in [1.82, 2.24) is 10.6 Å². The summed E-state index contributed by atoms with van der Waals surface area (Å²) < 4.78 is 23.9. The molecule has 4 rings (SSSR count). The summed E-state index contributed by atoms with van der Waals surface area (Å²) in [6.07, 6.45) is 0. The van der Waals surface area contributed by atoms with Crippen LogP contribution in [0.1, 0.15) is 43.9 Å². The largest absolute Gasteiger partial charge is 0.343 e. The second-order valence-corrected chi connectivity index (χ2v) is 10.7. The number of rotatable bonds is 12. The Labute approximate surface area is 243 Å². The van der Waals surface area contributed by atoms with Crippen LogP contribution in [0.2, 0.25) is 10.0 Å². The van der Waals surface area contributed by atoms with E-state index in [0.29, 0.717) is 21.2 Å². The molecule has 7 nitrogen and oxygen atoms in total. The Kier molecular flexibility index (Phi) is 10.9. The highest BCUT2D eigenvalue weighted by Gasteiger charge is 2.20. The number of halogens is 2. The van der Waals surface area contributed by atoms with Crippen LogP contribution in [0.5, 0.6) is 0 Å². The van der Waals surface area contributed by atoms with E-state index in [0.717, 1.165) is 11.1 Å². The van der Waals surface area contributed by atoms with Gasteiger partial charge in [0.25, 0.3) is 11.8 Å². The van der Waals surface area contributed by atoms with E-state index in [1.807, 2.05) is 12.1 Å². The Morgan fingerprint density at radius 2 is 0.950 bits per heavy atom. The monoisotopic (exact) mass is 596 g/mol. The van der Waals surface area contributed by atoms with Crippen molar-refractivity contribution in [2.45, 2.75) is 12.1 Å². The van der Waals surface area contributed by atoms with Crippen molar-refractivity contribution < 1.29 is 23.2 Å². The molecule has 2 unspecified atom stereocenters. The summed E-state index contributed by atoms with van der Waals surface area (Å²) in [6, 6.07) is 30.1. The van der Waals surface area contributed by atoms with Crippen LogP contribution in [0.15, 0.2) is 109 Å². The zero-order valence-corrected chi connectivity index (χ0v) is 23.8. The van der Waals surface area contributed by atoms with Gasteiger partial charge < -0.3 is 19.7 Å². The Morgan fingerprint density at radius 1 is 0.600 bits per heavy atom. The first kappa shape index (κ1) is 29.5. The summed E-state index contributed by atoms with van der Waals surface area (Å²) in [5, 5.41) is 6.90. The fraction of sp³-hybridized carbons (Fsp3) is 0.133. The molecule has 2 atom stereocenters. The van der Waals surface area contributed by atoms with Crippen molar-refractivity contribution in [2.24, 2.45) is 0 Å². The Hall–Kier alpha value is -3.45. The molecule has 0 aliphatic heterocycles. The lowest BCUT2D eigenvalue weighted by atomic mass is 10.1. The molecule has 4 aromatic rings. The zero-order valence-electron chi connectivity index (χ0n) is 21.3. The molecule has 0 bridgehead atoms. The lowest BCUT2D eigenvalue weighted by Crippen LogP contribution is -2.31. The van der Waals surface area contributed by atoms with E-state index >= 15 is 0 Å². The maximum Gasteiger partial charge on any atom is 0.319 e. The highest BCUT2D eigenvalue weighted by atomic mass is 35.5. The van der Waals surface area contributed by atoms with Gasteiger partial charge in [0.05, 0.1) is 25.3 Å². The predicted octanol–water partition coefficient (Wildman–Crippen LogP) is 7.06. The number of hydrogen-bond acceptors (Lipinski definition) is 5. The minimum Gasteiger partial charge on any atom is -0.343 e. The Morgan fingerprint density at radius 3 is 1.30 bits per heavy atom. The molecule has 40 heavy (non-hydrogen) atoms. The van der Waals surface area contributed by atoms with Crippen molar-refractivity contribution in [3.8, 4) is 0 Å². The van der Waals surface area contributed by atoms with E-state index in [-0.39, 0.29) is 25.0 Å². The van der Waals surface area contributed by atoms with Crippen LogP contribution in [0.3, 0.4) is 0 Å². The van der Waals surface area contributed by atoms with E-state index in [1.165, 1.54) is 0 Å². The average Bonchev–Trinajstić information content (AvgIpc) is 2.99.